The predicted molar refractivity (Wildman–Crippen MR) is 158 cm³/mol. The van der Waals surface area contributed by atoms with Crippen molar-refractivity contribution in [3.05, 3.63) is 88.9 Å². The van der Waals surface area contributed by atoms with Crippen LogP contribution in [0.4, 0.5) is 5.69 Å². The first-order chi connectivity index (χ1) is 18.9. The standard InChI is InChI=1S/C30H36ClN3O5S/c1-21(2)18-32-30(36)23(4)33(19-24-12-10-9-11-22(24)3)29(35)20-34(27-17-25(31)15-16-28(27)39-5)40(37,38)26-13-7-6-8-14-26/h6-17,21,23H,18-20H2,1-5H3,(H,32,36). The summed E-state index contributed by atoms with van der Waals surface area (Å²) < 4.78 is 34.3. The summed E-state index contributed by atoms with van der Waals surface area (Å²) in [7, 11) is -2.82. The minimum atomic E-state index is -4.23. The molecule has 0 aliphatic heterocycles. The number of nitrogens with zero attached hydrogens (tertiary/aromatic N) is 2. The highest BCUT2D eigenvalue weighted by Gasteiger charge is 2.34. The summed E-state index contributed by atoms with van der Waals surface area (Å²) in [6, 6.07) is 19.1. The number of carbonyl (C=O) groups is 2. The normalized spacial score (nSPS) is 12.1. The smallest absolute Gasteiger partial charge is 0.264 e. The van der Waals surface area contributed by atoms with Crippen LogP contribution in [0.1, 0.15) is 31.9 Å². The molecule has 10 heteroatoms. The van der Waals surface area contributed by atoms with E-state index in [1.807, 2.05) is 45.0 Å². The van der Waals surface area contributed by atoms with Gasteiger partial charge in [-0.05, 0) is 61.2 Å². The molecule has 0 aliphatic rings. The van der Waals surface area contributed by atoms with Crippen molar-refractivity contribution in [2.24, 2.45) is 5.92 Å². The van der Waals surface area contributed by atoms with Gasteiger partial charge in [-0.2, -0.15) is 0 Å². The van der Waals surface area contributed by atoms with Gasteiger partial charge in [-0.3, -0.25) is 13.9 Å². The molecule has 0 radical (unpaired) electrons. The van der Waals surface area contributed by atoms with E-state index in [4.69, 9.17) is 16.3 Å². The number of aryl methyl sites for hydroxylation is 1. The lowest BCUT2D eigenvalue weighted by Crippen LogP contribution is -2.51. The molecule has 0 fully saturated rings. The van der Waals surface area contributed by atoms with Crippen LogP contribution >= 0.6 is 11.6 Å². The summed E-state index contributed by atoms with van der Waals surface area (Å²) in [6.45, 7) is 7.50. The quantitative estimate of drug-likeness (QED) is 0.321. The van der Waals surface area contributed by atoms with E-state index in [-0.39, 0.29) is 39.7 Å². The zero-order valence-corrected chi connectivity index (χ0v) is 25.0. The summed E-state index contributed by atoms with van der Waals surface area (Å²) in [5.41, 5.74) is 1.90. The van der Waals surface area contributed by atoms with Crippen LogP contribution in [0.3, 0.4) is 0 Å². The molecule has 0 aliphatic carbocycles. The first-order valence-corrected chi connectivity index (χ1v) is 14.8. The van der Waals surface area contributed by atoms with E-state index in [1.165, 1.54) is 30.2 Å². The maximum atomic E-state index is 14.1. The van der Waals surface area contributed by atoms with Gasteiger partial charge in [0.1, 0.15) is 18.3 Å². The van der Waals surface area contributed by atoms with Gasteiger partial charge < -0.3 is 15.0 Å². The van der Waals surface area contributed by atoms with Crippen molar-refractivity contribution in [1.82, 2.24) is 10.2 Å². The Morgan fingerprint density at radius 2 is 1.62 bits per heavy atom. The van der Waals surface area contributed by atoms with Gasteiger partial charge in [0.25, 0.3) is 10.0 Å². The molecule has 1 unspecified atom stereocenters. The molecule has 0 spiro atoms. The molecule has 0 bridgehead atoms. The largest absolute Gasteiger partial charge is 0.495 e. The Morgan fingerprint density at radius 3 is 2.25 bits per heavy atom. The second-order valence-corrected chi connectivity index (χ2v) is 12.2. The van der Waals surface area contributed by atoms with Crippen molar-refractivity contribution in [2.45, 2.75) is 45.2 Å². The fourth-order valence-corrected chi connectivity index (χ4v) is 5.70. The number of amides is 2. The van der Waals surface area contributed by atoms with E-state index in [0.717, 1.165) is 15.4 Å². The molecule has 8 nitrogen and oxygen atoms in total. The van der Waals surface area contributed by atoms with Gasteiger partial charge in [0.2, 0.25) is 11.8 Å². The molecule has 214 valence electrons. The number of hydrogen-bond acceptors (Lipinski definition) is 5. The van der Waals surface area contributed by atoms with E-state index >= 15 is 0 Å². The average molecular weight is 586 g/mol. The van der Waals surface area contributed by atoms with Crippen molar-refractivity contribution in [1.29, 1.82) is 0 Å². The van der Waals surface area contributed by atoms with E-state index in [0.29, 0.717) is 6.54 Å². The third kappa shape index (κ3) is 7.55. The van der Waals surface area contributed by atoms with Gasteiger partial charge in [-0.15, -0.1) is 0 Å². The Morgan fingerprint density at radius 1 is 0.975 bits per heavy atom. The summed E-state index contributed by atoms with van der Waals surface area (Å²) in [5.74, 6) is -0.436. The average Bonchev–Trinajstić information content (AvgIpc) is 2.94. The molecular weight excluding hydrogens is 550 g/mol. The molecule has 1 N–H and O–H groups in total. The van der Waals surface area contributed by atoms with Crippen molar-refractivity contribution < 1.29 is 22.7 Å². The SMILES string of the molecule is COc1ccc(Cl)cc1N(CC(=O)N(Cc1ccccc1C)C(C)C(=O)NCC(C)C)S(=O)(=O)c1ccccc1. The number of nitrogens with one attached hydrogen (secondary N) is 1. The second kappa shape index (κ2) is 13.7. The molecule has 2 amide bonds. The lowest BCUT2D eigenvalue weighted by Gasteiger charge is -2.32. The Hall–Kier alpha value is -3.56. The van der Waals surface area contributed by atoms with Gasteiger partial charge in [-0.25, -0.2) is 8.42 Å². The number of methoxy groups -OCH3 is 1. The molecule has 0 saturated carbocycles. The summed E-state index contributed by atoms with van der Waals surface area (Å²) >= 11 is 6.26. The molecule has 40 heavy (non-hydrogen) atoms. The number of anilines is 1. The Labute approximate surface area is 241 Å². The van der Waals surface area contributed by atoms with E-state index in [9.17, 15) is 18.0 Å². The predicted octanol–water partition coefficient (Wildman–Crippen LogP) is 5.04. The molecule has 1 atom stereocenters. The highest BCUT2D eigenvalue weighted by molar-refractivity contribution is 7.92. The number of rotatable bonds is 12. The van der Waals surface area contributed by atoms with E-state index < -0.39 is 28.5 Å². The van der Waals surface area contributed by atoms with Crippen LogP contribution in [0.25, 0.3) is 0 Å². The van der Waals surface area contributed by atoms with Crippen LogP contribution in [-0.2, 0) is 26.2 Å². The Balaban J connectivity index is 2.08. The van der Waals surface area contributed by atoms with Gasteiger partial charge in [0, 0.05) is 18.1 Å². The lowest BCUT2D eigenvalue weighted by atomic mass is 10.1. The molecular formula is C30H36ClN3O5S. The van der Waals surface area contributed by atoms with Crippen molar-refractivity contribution in [3.8, 4) is 5.75 Å². The minimum absolute atomic E-state index is 0.00185. The Kier molecular flexibility index (Phi) is 10.6. The zero-order valence-electron chi connectivity index (χ0n) is 23.4. The molecule has 0 heterocycles. The van der Waals surface area contributed by atoms with Crippen molar-refractivity contribution >= 4 is 39.1 Å². The minimum Gasteiger partial charge on any atom is -0.495 e. The van der Waals surface area contributed by atoms with Crippen LogP contribution in [0.15, 0.2) is 77.7 Å². The van der Waals surface area contributed by atoms with Crippen LogP contribution < -0.4 is 14.4 Å². The number of halogens is 1. The van der Waals surface area contributed by atoms with Gasteiger partial charge >= 0.3 is 0 Å². The van der Waals surface area contributed by atoms with Gasteiger partial charge in [0.15, 0.2) is 0 Å². The van der Waals surface area contributed by atoms with E-state index in [1.54, 1.807) is 37.3 Å². The molecule has 0 saturated heterocycles. The van der Waals surface area contributed by atoms with Crippen LogP contribution in [-0.4, -0.2) is 51.4 Å². The highest BCUT2D eigenvalue weighted by atomic mass is 35.5. The van der Waals surface area contributed by atoms with Crippen LogP contribution in [0.2, 0.25) is 5.02 Å². The first-order valence-electron chi connectivity index (χ1n) is 13.0. The summed E-state index contributed by atoms with van der Waals surface area (Å²) in [5, 5.41) is 3.16. The topological polar surface area (TPSA) is 96.0 Å². The second-order valence-electron chi connectivity index (χ2n) is 9.90. The molecule has 3 aromatic rings. The van der Waals surface area contributed by atoms with Gasteiger partial charge in [0.05, 0.1) is 17.7 Å². The van der Waals surface area contributed by atoms with Crippen molar-refractivity contribution in [3.63, 3.8) is 0 Å². The first kappa shape index (κ1) is 31.0. The third-order valence-electron chi connectivity index (χ3n) is 6.47. The highest BCUT2D eigenvalue weighted by Crippen LogP contribution is 2.35. The fraction of sp³-hybridized carbons (Fsp3) is 0.333. The fourth-order valence-electron chi connectivity index (χ4n) is 4.10. The molecule has 0 aromatic heterocycles. The lowest BCUT2D eigenvalue weighted by molar-refractivity contribution is -0.139. The number of hydrogen-bond donors (Lipinski definition) is 1. The maximum Gasteiger partial charge on any atom is 0.264 e. The number of ether oxygens (including phenoxy) is 1. The number of benzene rings is 3. The van der Waals surface area contributed by atoms with Crippen LogP contribution in [0, 0.1) is 12.8 Å². The Bertz CT molecular complexity index is 1430. The van der Waals surface area contributed by atoms with E-state index in [2.05, 4.69) is 5.32 Å². The number of sulfonamides is 1. The molecule has 3 rings (SSSR count). The zero-order chi connectivity index (χ0) is 29.4. The van der Waals surface area contributed by atoms with Crippen molar-refractivity contribution in [2.75, 3.05) is 24.5 Å². The third-order valence-corrected chi connectivity index (χ3v) is 8.48. The van der Waals surface area contributed by atoms with Crippen LogP contribution in [0.5, 0.6) is 5.75 Å². The number of carbonyl (C=O) groups excluding carboxylic acids is 2. The summed E-state index contributed by atoms with van der Waals surface area (Å²) in [6.07, 6.45) is 0. The van der Waals surface area contributed by atoms with Gasteiger partial charge in [-0.1, -0.05) is 67.9 Å². The maximum absolute atomic E-state index is 14.1. The monoisotopic (exact) mass is 585 g/mol. The summed E-state index contributed by atoms with van der Waals surface area (Å²) in [4.78, 5) is 28.6. The molecule has 3 aromatic carbocycles.